The number of nitrogens with one attached hydrogen (secondary N) is 1. The topological polar surface area (TPSA) is 91.3 Å². The van der Waals surface area contributed by atoms with Gasteiger partial charge >= 0.3 is 12.4 Å². The minimum Gasteiger partial charge on any atom is -0.504 e. The molecule has 1 saturated heterocycles. The molecular weight excluding hydrogens is 606 g/mol. The van der Waals surface area contributed by atoms with E-state index in [2.05, 4.69) is 5.32 Å². The third-order valence-corrected chi connectivity index (χ3v) is 7.67. The van der Waals surface area contributed by atoms with Crippen molar-refractivity contribution in [2.75, 3.05) is 38.2 Å². The number of anilines is 1. The molecule has 0 aliphatic carbocycles. The molecule has 1 unspecified atom stereocenters. The molecule has 1 fully saturated rings. The molecule has 4 rings (SSSR count). The molecule has 1 amide bonds. The number of aliphatic hydroxyl groups is 1. The van der Waals surface area contributed by atoms with Crippen LogP contribution in [0.3, 0.4) is 0 Å². The summed E-state index contributed by atoms with van der Waals surface area (Å²) in [5, 5.41) is 23.3. The van der Waals surface area contributed by atoms with Crippen molar-refractivity contribution >= 4 is 11.6 Å². The number of aliphatic hydroxyl groups excluding tert-OH is 1. The molecule has 7 nitrogen and oxygen atoms in total. The summed E-state index contributed by atoms with van der Waals surface area (Å²) in [5.74, 6) is -0.344. The van der Waals surface area contributed by atoms with Gasteiger partial charge in [0, 0.05) is 30.6 Å². The van der Waals surface area contributed by atoms with Gasteiger partial charge in [0.05, 0.1) is 24.3 Å². The minimum absolute atomic E-state index is 0.0675. The fourth-order valence-electron chi connectivity index (χ4n) is 5.39. The molecule has 0 spiro atoms. The number of hydrogen-bond acceptors (Lipinski definition) is 6. The van der Waals surface area contributed by atoms with Crippen LogP contribution in [0.4, 0.5) is 32.0 Å². The summed E-state index contributed by atoms with van der Waals surface area (Å²) < 4.78 is 91.2. The van der Waals surface area contributed by atoms with E-state index in [1.54, 1.807) is 0 Å². The number of β-amino-alcohol motifs (C(OH)–C–C–N with tert-alkyl or cyclic N) is 1. The number of nitrogens with zero attached hydrogens (tertiary/aromatic N) is 1. The first-order chi connectivity index (χ1) is 21.1. The number of carbonyl (C=O) groups excluding carboxylic acids is 1. The van der Waals surface area contributed by atoms with Gasteiger partial charge in [-0.05, 0) is 67.4 Å². The molecule has 45 heavy (non-hydrogen) atoms. The smallest absolute Gasteiger partial charge is 0.416 e. The van der Waals surface area contributed by atoms with Crippen molar-refractivity contribution in [3.63, 3.8) is 0 Å². The number of ether oxygens (including phenoxy) is 2. The van der Waals surface area contributed by atoms with Gasteiger partial charge in [0.1, 0.15) is 12.7 Å². The SMILES string of the molecule is CC(=O)Nc1ccc(O)c(OCC(O)CN2CCC(COCc3cc(C(F)(F)F)cc(C(F)(F)F)c3)(c3ccccc3)CC2)c1. The van der Waals surface area contributed by atoms with E-state index in [1.165, 1.54) is 25.1 Å². The molecule has 1 aliphatic rings. The number of piperidine rings is 1. The van der Waals surface area contributed by atoms with Crippen LogP contribution in [-0.2, 0) is 33.9 Å². The molecule has 0 bridgehead atoms. The summed E-state index contributed by atoms with van der Waals surface area (Å²) in [6.07, 6.45) is -9.69. The Kier molecular flexibility index (Phi) is 10.7. The lowest BCUT2D eigenvalue weighted by Crippen LogP contribution is -2.47. The van der Waals surface area contributed by atoms with Gasteiger partial charge in [0.25, 0.3) is 0 Å². The second-order valence-electron chi connectivity index (χ2n) is 11.2. The number of halogens is 6. The van der Waals surface area contributed by atoms with Crippen LogP contribution in [0.15, 0.2) is 66.7 Å². The molecule has 3 N–H and O–H groups in total. The Morgan fingerprint density at radius 2 is 1.58 bits per heavy atom. The zero-order chi connectivity index (χ0) is 32.8. The van der Waals surface area contributed by atoms with Gasteiger partial charge in [-0.1, -0.05) is 30.3 Å². The number of amides is 1. The Hall–Kier alpha value is -3.81. The highest BCUT2D eigenvalue weighted by atomic mass is 19.4. The number of phenols is 1. The van der Waals surface area contributed by atoms with Crippen molar-refractivity contribution in [3.8, 4) is 11.5 Å². The average Bonchev–Trinajstić information content (AvgIpc) is 2.97. The second kappa shape index (κ2) is 14.1. The standard InChI is InChI=1S/C32H34F6N2O5/c1-21(41)39-26-7-8-28(43)29(16-26)45-19-27(42)17-40-11-9-30(10-12-40,23-5-3-2-4-6-23)20-44-18-22-13-24(31(33,34)35)15-25(14-22)32(36,37)38/h2-8,13-16,27,42-43H,9-12,17-20H2,1H3,(H,39,41). The van der Waals surface area contributed by atoms with Crippen LogP contribution in [-0.4, -0.2) is 60.0 Å². The van der Waals surface area contributed by atoms with Crippen molar-refractivity contribution in [1.29, 1.82) is 0 Å². The number of carbonyl (C=O) groups is 1. The van der Waals surface area contributed by atoms with Crippen LogP contribution < -0.4 is 10.1 Å². The van der Waals surface area contributed by atoms with E-state index in [4.69, 9.17) is 9.47 Å². The highest BCUT2D eigenvalue weighted by molar-refractivity contribution is 5.89. The third kappa shape index (κ3) is 9.35. The molecule has 13 heteroatoms. The summed E-state index contributed by atoms with van der Waals surface area (Å²) >= 11 is 0. The summed E-state index contributed by atoms with van der Waals surface area (Å²) in [6.45, 7) is 2.16. The first-order valence-electron chi connectivity index (χ1n) is 14.2. The summed E-state index contributed by atoms with van der Waals surface area (Å²) in [5.41, 5.74) is -2.20. The van der Waals surface area contributed by atoms with Gasteiger partial charge in [-0.2, -0.15) is 26.3 Å². The first-order valence-corrected chi connectivity index (χ1v) is 14.2. The molecule has 0 saturated carbocycles. The highest BCUT2D eigenvalue weighted by Gasteiger charge is 2.39. The first kappa shape index (κ1) is 34.1. The van der Waals surface area contributed by atoms with Crippen LogP contribution in [0.25, 0.3) is 0 Å². The van der Waals surface area contributed by atoms with E-state index >= 15 is 0 Å². The lowest BCUT2D eigenvalue weighted by molar-refractivity contribution is -0.143. The van der Waals surface area contributed by atoms with Gasteiger partial charge < -0.3 is 29.9 Å². The zero-order valence-electron chi connectivity index (χ0n) is 24.4. The van der Waals surface area contributed by atoms with E-state index in [0.29, 0.717) is 43.8 Å². The number of benzene rings is 3. The van der Waals surface area contributed by atoms with Gasteiger partial charge in [0.2, 0.25) is 5.91 Å². The maximum atomic E-state index is 13.3. The van der Waals surface area contributed by atoms with E-state index in [9.17, 15) is 41.4 Å². The van der Waals surface area contributed by atoms with Crippen LogP contribution in [0.1, 0.15) is 42.0 Å². The largest absolute Gasteiger partial charge is 0.504 e. The fourth-order valence-corrected chi connectivity index (χ4v) is 5.39. The Balaban J connectivity index is 1.38. The van der Waals surface area contributed by atoms with Crippen LogP contribution in [0.2, 0.25) is 0 Å². The Labute approximate surface area is 256 Å². The minimum atomic E-state index is -4.94. The number of rotatable bonds is 11. The van der Waals surface area contributed by atoms with E-state index in [0.717, 1.165) is 5.56 Å². The molecule has 244 valence electrons. The molecule has 0 aromatic heterocycles. The number of hydrogen-bond donors (Lipinski definition) is 3. The van der Waals surface area contributed by atoms with Gasteiger partial charge in [-0.3, -0.25) is 4.79 Å². The molecule has 1 aliphatic heterocycles. The van der Waals surface area contributed by atoms with E-state index in [1.807, 2.05) is 35.2 Å². The maximum absolute atomic E-state index is 13.3. The molecule has 1 heterocycles. The van der Waals surface area contributed by atoms with Crippen LogP contribution >= 0.6 is 0 Å². The second-order valence-corrected chi connectivity index (χ2v) is 11.2. The predicted octanol–water partition coefficient (Wildman–Crippen LogP) is 6.38. The van der Waals surface area contributed by atoms with E-state index < -0.39 is 41.6 Å². The van der Waals surface area contributed by atoms with Crippen molar-refractivity contribution in [2.24, 2.45) is 0 Å². The predicted molar refractivity (Wildman–Crippen MR) is 154 cm³/mol. The number of likely N-dealkylation sites (tertiary alicyclic amines) is 1. The number of alkyl halides is 6. The number of phenolic OH excluding ortho intramolecular Hbond substituents is 1. The molecule has 0 radical (unpaired) electrons. The highest BCUT2D eigenvalue weighted by Crippen LogP contribution is 2.38. The van der Waals surface area contributed by atoms with Crippen molar-refractivity contribution in [1.82, 2.24) is 4.90 Å². The Bertz CT molecular complexity index is 1410. The number of aromatic hydroxyl groups is 1. The normalized spacial score (nSPS) is 16.3. The van der Waals surface area contributed by atoms with Gasteiger partial charge in [0.15, 0.2) is 11.5 Å². The summed E-state index contributed by atoms with van der Waals surface area (Å²) in [7, 11) is 0. The van der Waals surface area contributed by atoms with Crippen LogP contribution in [0.5, 0.6) is 11.5 Å². The third-order valence-electron chi connectivity index (χ3n) is 7.67. The van der Waals surface area contributed by atoms with Gasteiger partial charge in [-0.25, -0.2) is 0 Å². The van der Waals surface area contributed by atoms with Crippen molar-refractivity contribution in [2.45, 2.75) is 50.2 Å². The summed E-state index contributed by atoms with van der Waals surface area (Å²) in [4.78, 5) is 13.3. The van der Waals surface area contributed by atoms with Crippen LogP contribution in [0, 0.1) is 0 Å². The monoisotopic (exact) mass is 640 g/mol. The van der Waals surface area contributed by atoms with Crippen molar-refractivity contribution in [3.05, 3.63) is 89.0 Å². The quantitative estimate of drug-likeness (QED) is 0.167. The zero-order valence-corrected chi connectivity index (χ0v) is 24.4. The lowest BCUT2D eigenvalue weighted by atomic mass is 9.73. The van der Waals surface area contributed by atoms with E-state index in [-0.39, 0.29) is 48.8 Å². The molecular formula is C32H34F6N2O5. The lowest BCUT2D eigenvalue weighted by Gasteiger charge is -2.42. The Morgan fingerprint density at radius 1 is 0.956 bits per heavy atom. The fraction of sp³-hybridized carbons (Fsp3) is 0.406. The van der Waals surface area contributed by atoms with Crippen molar-refractivity contribution < 1.29 is 50.8 Å². The average molecular weight is 641 g/mol. The maximum Gasteiger partial charge on any atom is 0.416 e. The Morgan fingerprint density at radius 3 is 2.16 bits per heavy atom. The van der Waals surface area contributed by atoms with Gasteiger partial charge in [-0.15, -0.1) is 0 Å². The molecule has 1 atom stereocenters. The molecule has 3 aromatic rings. The molecule has 3 aromatic carbocycles. The summed E-state index contributed by atoms with van der Waals surface area (Å²) in [6, 6.07) is 15.1.